The van der Waals surface area contributed by atoms with Crippen LogP contribution < -0.4 is 10.6 Å². The van der Waals surface area contributed by atoms with Crippen molar-refractivity contribution in [2.24, 2.45) is 4.99 Å². The highest BCUT2D eigenvalue weighted by Gasteiger charge is 2.27. The van der Waals surface area contributed by atoms with E-state index in [1.54, 1.807) is 12.1 Å². The van der Waals surface area contributed by atoms with Crippen LogP contribution in [0.15, 0.2) is 29.3 Å². The lowest BCUT2D eigenvalue weighted by Gasteiger charge is -2.30. The molecule has 0 spiro atoms. The van der Waals surface area contributed by atoms with Crippen LogP contribution in [0.1, 0.15) is 50.7 Å². The Kier molecular flexibility index (Phi) is 13.0. The minimum Gasteiger partial charge on any atom is -0.367 e. The molecular formula is C21H33F3IN3O2S. The van der Waals surface area contributed by atoms with E-state index in [1.807, 2.05) is 26.0 Å². The molecule has 3 atom stereocenters. The molecule has 0 saturated heterocycles. The van der Waals surface area contributed by atoms with Gasteiger partial charge in [0.25, 0.3) is 0 Å². The van der Waals surface area contributed by atoms with Crippen LogP contribution in [0.5, 0.6) is 0 Å². The molecule has 31 heavy (non-hydrogen) atoms. The molecule has 2 rings (SSSR count). The summed E-state index contributed by atoms with van der Waals surface area (Å²) in [5.41, 5.74) is 1.58. The number of rotatable bonds is 9. The first kappa shape index (κ1) is 28.2. The van der Waals surface area contributed by atoms with E-state index in [2.05, 4.69) is 15.6 Å². The van der Waals surface area contributed by atoms with Crippen molar-refractivity contribution in [1.82, 2.24) is 10.6 Å². The number of benzene rings is 1. The Morgan fingerprint density at radius 3 is 2.68 bits per heavy atom. The lowest BCUT2D eigenvalue weighted by atomic mass is 9.95. The number of nitrogens with one attached hydrogen (secondary N) is 2. The van der Waals surface area contributed by atoms with Gasteiger partial charge in [0.15, 0.2) is 5.96 Å². The number of hydrogen-bond acceptors (Lipinski definition) is 3. The van der Waals surface area contributed by atoms with Gasteiger partial charge in [-0.3, -0.25) is 4.21 Å². The van der Waals surface area contributed by atoms with Crippen molar-refractivity contribution in [2.45, 2.75) is 70.2 Å². The van der Waals surface area contributed by atoms with E-state index in [0.29, 0.717) is 30.4 Å². The standard InChI is InChI=1S/C21H32F3N3O2S.HI/c1-3-25-20(27-18-9-6-10-19(12-18)30(28)4-2)26-13-16-7-5-8-17(11-16)14-29-15-21(22,23)24;/h5,7-8,11,18-19H,3-4,6,9-10,12-15H2,1-2H3,(H2,25,26,27);1H. The molecule has 178 valence electrons. The zero-order valence-electron chi connectivity index (χ0n) is 18.0. The predicted octanol–water partition coefficient (Wildman–Crippen LogP) is 4.52. The monoisotopic (exact) mass is 575 g/mol. The first-order valence-electron chi connectivity index (χ1n) is 10.4. The summed E-state index contributed by atoms with van der Waals surface area (Å²) in [6, 6.07) is 7.47. The molecule has 2 N–H and O–H groups in total. The van der Waals surface area contributed by atoms with Crippen molar-refractivity contribution in [3.8, 4) is 0 Å². The number of nitrogens with zero attached hydrogens (tertiary/aromatic N) is 1. The number of aliphatic imine (C=N–C) groups is 1. The van der Waals surface area contributed by atoms with E-state index in [-0.39, 0.29) is 41.9 Å². The molecule has 1 aliphatic carbocycles. The molecule has 5 nitrogen and oxygen atoms in total. The normalized spacial score (nSPS) is 20.6. The summed E-state index contributed by atoms with van der Waals surface area (Å²) in [7, 11) is -0.780. The fourth-order valence-electron chi connectivity index (χ4n) is 3.54. The van der Waals surface area contributed by atoms with Gasteiger partial charge in [-0.1, -0.05) is 37.6 Å². The Labute approximate surface area is 202 Å². The molecule has 1 saturated carbocycles. The molecule has 0 bridgehead atoms. The maximum absolute atomic E-state index is 12.2. The van der Waals surface area contributed by atoms with Crippen molar-refractivity contribution in [1.29, 1.82) is 0 Å². The molecule has 0 amide bonds. The van der Waals surface area contributed by atoms with Crippen molar-refractivity contribution in [2.75, 3.05) is 18.9 Å². The van der Waals surface area contributed by atoms with E-state index in [0.717, 1.165) is 31.2 Å². The minimum absolute atomic E-state index is 0. The summed E-state index contributed by atoms with van der Waals surface area (Å²) in [5.74, 6) is 1.39. The molecule has 10 heteroatoms. The number of guanidine groups is 1. The van der Waals surface area contributed by atoms with E-state index in [1.165, 1.54) is 0 Å². The van der Waals surface area contributed by atoms with Crippen molar-refractivity contribution in [3.05, 3.63) is 35.4 Å². The summed E-state index contributed by atoms with van der Waals surface area (Å²) in [4.78, 5) is 4.63. The maximum Gasteiger partial charge on any atom is 0.411 e. The Balaban J connectivity index is 0.00000480. The van der Waals surface area contributed by atoms with Crippen molar-refractivity contribution < 1.29 is 22.1 Å². The molecule has 0 aliphatic heterocycles. The second-order valence-corrected chi connectivity index (χ2v) is 9.43. The van der Waals surface area contributed by atoms with Gasteiger partial charge in [0.2, 0.25) is 0 Å². The molecule has 1 aliphatic rings. The fourth-order valence-corrected chi connectivity index (χ4v) is 4.88. The Morgan fingerprint density at radius 1 is 1.26 bits per heavy atom. The summed E-state index contributed by atoms with van der Waals surface area (Å²) in [6.45, 7) is 3.72. The van der Waals surface area contributed by atoms with Crippen LogP contribution in [0.4, 0.5) is 13.2 Å². The third-order valence-electron chi connectivity index (χ3n) is 4.91. The minimum atomic E-state index is -4.32. The quantitative estimate of drug-likeness (QED) is 0.259. The van der Waals surface area contributed by atoms with Gasteiger partial charge in [-0.25, -0.2) is 4.99 Å². The van der Waals surface area contributed by atoms with E-state index in [4.69, 9.17) is 4.74 Å². The molecule has 0 radical (unpaired) electrons. The van der Waals surface area contributed by atoms with Gasteiger partial charge < -0.3 is 15.4 Å². The molecular weight excluding hydrogens is 542 g/mol. The van der Waals surface area contributed by atoms with Crippen LogP contribution in [0.25, 0.3) is 0 Å². The third kappa shape index (κ3) is 11.0. The lowest BCUT2D eigenvalue weighted by Crippen LogP contribution is -2.46. The van der Waals surface area contributed by atoms with Crippen LogP contribution >= 0.6 is 24.0 Å². The van der Waals surface area contributed by atoms with Crippen LogP contribution in [0, 0.1) is 0 Å². The average molecular weight is 575 g/mol. The zero-order chi connectivity index (χ0) is 22.0. The highest BCUT2D eigenvalue weighted by Crippen LogP contribution is 2.23. The summed E-state index contributed by atoms with van der Waals surface area (Å²) in [6.07, 6.45) is -0.371. The average Bonchev–Trinajstić information content (AvgIpc) is 2.71. The summed E-state index contributed by atoms with van der Waals surface area (Å²) < 4.78 is 53.6. The number of alkyl halides is 3. The Hall–Kier alpha value is -0.880. The Bertz CT molecular complexity index is 719. The largest absolute Gasteiger partial charge is 0.411 e. The summed E-state index contributed by atoms with van der Waals surface area (Å²) in [5, 5.41) is 6.93. The van der Waals surface area contributed by atoms with Crippen molar-refractivity contribution in [3.63, 3.8) is 0 Å². The van der Waals surface area contributed by atoms with Crippen LogP contribution in [0.2, 0.25) is 0 Å². The van der Waals surface area contributed by atoms with E-state index < -0.39 is 23.6 Å². The SMILES string of the molecule is CCNC(=NCc1cccc(COCC(F)(F)F)c1)NC1CCCC(S(=O)CC)C1.I. The second kappa shape index (κ2) is 14.3. The van der Waals surface area contributed by atoms with Gasteiger partial charge in [0, 0.05) is 34.4 Å². The van der Waals surface area contributed by atoms with E-state index >= 15 is 0 Å². The molecule has 0 heterocycles. The highest BCUT2D eigenvalue weighted by atomic mass is 127. The molecule has 3 unspecified atom stereocenters. The van der Waals surface area contributed by atoms with E-state index in [9.17, 15) is 17.4 Å². The first-order valence-corrected chi connectivity index (χ1v) is 11.8. The number of hydrogen-bond donors (Lipinski definition) is 2. The topological polar surface area (TPSA) is 62.7 Å². The van der Waals surface area contributed by atoms with Crippen LogP contribution in [0.3, 0.4) is 0 Å². The molecule has 1 fully saturated rings. The third-order valence-corrected chi connectivity index (χ3v) is 6.65. The van der Waals surface area contributed by atoms with Gasteiger partial charge in [0.1, 0.15) is 6.61 Å². The zero-order valence-corrected chi connectivity index (χ0v) is 21.2. The highest BCUT2D eigenvalue weighted by molar-refractivity contribution is 14.0. The van der Waals surface area contributed by atoms with Gasteiger partial charge in [0.05, 0.1) is 13.2 Å². The van der Waals surface area contributed by atoms with Crippen LogP contribution in [-0.2, 0) is 28.7 Å². The molecule has 1 aromatic rings. The smallest absolute Gasteiger partial charge is 0.367 e. The first-order chi connectivity index (χ1) is 14.3. The lowest BCUT2D eigenvalue weighted by molar-refractivity contribution is -0.176. The Morgan fingerprint density at radius 2 is 2.00 bits per heavy atom. The van der Waals surface area contributed by atoms with Gasteiger partial charge in [-0.05, 0) is 37.3 Å². The van der Waals surface area contributed by atoms with Crippen molar-refractivity contribution >= 4 is 40.7 Å². The van der Waals surface area contributed by atoms with Crippen LogP contribution in [-0.4, -0.2) is 46.5 Å². The molecule has 1 aromatic carbocycles. The fraction of sp³-hybridized carbons (Fsp3) is 0.667. The predicted molar refractivity (Wildman–Crippen MR) is 130 cm³/mol. The van der Waals surface area contributed by atoms with Gasteiger partial charge in [-0.15, -0.1) is 24.0 Å². The molecule has 0 aromatic heterocycles. The van der Waals surface area contributed by atoms with Gasteiger partial charge in [-0.2, -0.15) is 13.2 Å². The number of halogens is 4. The number of ether oxygens (including phenoxy) is 1. The second-order valence-electron chi connectivity index (χ2n) is 7.42. The van der Waals surface area contributed by atoms with Gasteiger partial charge >= 0.3 is 6.18 Å². The maximum atomic E-state index is 12.2. The summed E-state index contributed by atoms with van der Waals surface area (Å²) >= 11 is 0.